The van der Waals surface area contributed by atoms with E-state index >= 15 is 0 Å². The van der Waals surface area contributed by atoms with Crippen LogP contribution in [-0.4, -0.2) is 27.2 Å². The first-order valence-corrected chi connectivity index (χ1v) is 8.44. The molecule has 0 spiro atoms. The Balaban J connectivity index is 1.73. The molecule has 4 aromatic rings. The first-order chi connectivity index (χ1) is 12.1. The molecule has 0 radical (unpaired) electrons. The highest BCUT2D eigenvalue weighted by Gasteiger charge is 2.13. The van der Waals surface area contributed by atoms with Gasteiger partial charge in [-0.1, -0.05) is 18.5 Å². The SMILES string of the molecule is CCC(N)COc1ccc2ncc(-c3cc4cc(Cl)ccc4o3)n2n1. The largest absolute Gasteiger partial charge is 0.475 e. The molecule has 1 aromatic carbocycles. The average molecular weight is 357 g/mol. The molecule has 4 rings (SSSR count). The average Bonchev–Trinajstić information content (AvgIpc) is 3.22. The number of nitrogens with zero attached hydrogens (tertiary/aromatic N) is 3. The summed E-state index contributed by atoms with van der Waals surface area (Å²) in [5, 5.41) is 6.09. The highest BCUT2D eigenvalue weighted by Crippen LogP contribution is 2.30. The van der Waals surface area contributed by atoms with Crippen LogP contribution in [0.15, 0.2) is 47.0 Å². The molecule has 0 bridgehead atoms. The fourth-order valence-electron chi connectivity index (χ4n) is 2.55. The fraction of sp³-hybridized carbons (Fsp3) is 0.222. The van der Waals surface area contributed by atoms with Crippen molar-refractivity contribution in [3.8, 4) is 17.3 Å². The first-order valence-electron chi connectivity index (χ1n) is 8.06. The van der Waals surface area contributed by atoms with Gasteiger partial charge in [0, 0.05) is 22.5 Å². The van der Waals surface area contributed by atoms with Crippen molar-refractivity contribution in [3.63, 3.8) is 0 Å². The zero-order valence-corrected chi connectivity index (χ0v) is 14.4. The van der Waals surface area contributed by atoms with Gasteiger partial charge in [-0.2, -0.15) is 0 Å². The van der Waals surface area contributed by atoms with Crippen molar-refractivity contribution in [2.75, 3.05) is 6.61 Å². The number of hydrogen-bond acceptors (Lipinski definition) is 5. The summed E-state index contributed by atoms with van der Waals surface area (Å²) >= 11 is 6.04. The van der Waals surface area contributed by atoms with Gasteiger partial charge < -0.3 is 14.9 Å². The Labute approximate surface area is 149 Å². The van der Waals surface area contributed by atoms with Gasteiger partial charge in [-0.15, -0.1) is 5.10 Å². The summed E-state index contributed by atoms with van der Waals surface area (Å²) in [5.41, 5.74) is 8.10. The van der Waals surface area contributed by atoms with Crippen molar-refractivity contribution >= 4 is 28.2 Å². The van der Waals surface area contributed by atoms with E-state index < -0.39 is 0 Å². The second kappa shape index (κ2) is 6.38. The number of hydrogen-bond donors (Lipinski definition) is 1. The van der Waals surface area contributed by atoms with Crippen LogP contribution in [0.5, 0.6) is 5.88 Å². The third kappa shape index (κ3) is 3.06. The lowest BCUT2D eigenvalue weighted by molar-refractivity contribution is 0.271. The zero-order valence-electron chi connectivity index (χ0n) is 13.6. The number of aromatic nitrogens is 3. The maximum absolute atomic E-state index is 6.04. The Bertz CT molecular complexity index is 1040. The minimum absolute atomic E-state index is 0.0140. The van der Waals surface area contributed by atoms with Gasteiger partial charge in [0.1, 0.15) is 17.9 Å². The number of imidazole rings is 1. The second-order valence-electron chi connectivity index (χ2n) is 5.86. The summed E-state index contributed by atoms with van der Waals surface area (Å²) in [6.07, 6.45) is 2.57. The van der Waals surface area contributed by atoms with E-state index in [0.717, 1.165) is 23.1 Å². The van der Waals surface area contributed by atoms with Gasteiger partial charge in [-0.05, 0) is 36.8 Å². The topological polar surface area (TPSA) is 78.6 Å². The van der Waals surface area contributed by atoms with Crippen LogP contribution in [0.25, 0.3) is 28.1 Å². The van der Waals surface area contributed by atoms with E-state index in [2.05, 4.69) is 10.1 Å². The summed E-state index contributed by atoms with van der Waals surface area (Å²) in [7, 11) is 0. The Kier molecular flexibility index (Phi) is 4.07. The molecule has 0 saturated carbocycles. The van der Waals surface area contributed by atoms with E-state index in [4.69, 9.17) is 26.5 Å². The molecular formula is C18H17ClN4O2. The number of fused-ring (bicyclic) bond motifs is 2. The minimum atomic E-state index is -0.0140. The number of halogens is 1. The van der Waals surface area contributed by atoms with E-state index in [0.29, 0.717) is 28.9 Å². The third-order valence-electron chi connectivity index (χ3n) is 4.04. The van der Waals surface area contributed by atoms with Crippen LogP contribution in [-0.2, 0) is 0 Å². The molecule has 1 atom stereocenters. The molecule has 3 aromatic heterocycles. The van der Waals surface area contributed by atoms with Crippen molar-refractivity contribution in [2.45, 2.75) is 19.4 Å². The number of rotatable bonds is 5. The van der Waals surface area contributed by atoms with Crippen molar-refractivity contribution in [1.82, 2.24) is 14.6 Å². The normalized spacial score (nSPS) is 12.8. The molecule has 3 heterocycles. The van der Waals surface area contributed by atoms with E-state index in [-0.39, 0.29) is 6.04 Å². The van der Waals surface area contributed by atoms with Crippen molar-refractivity contribution in [1.29, 1.82) is 0 Å². The molecule has 128 valence electrons. The van der Waals surface area contributed by atoms with Crippen molar-refractivity contribution in [3.05, 3.63) is 47.6 Å². The lowest BCUT2D eigenvalue weighted by Gasteiger charge is -2.10. The monoisotopic (exact) mass is 356 g/mol. The van der Waals surface area contributed by atoms with Crippen LogP contribution in [0.2, 0.25) is 5.02 Å². The van der Waals surface area contributed by atoms with Gasteiger partial charge in [-0.25, -0.2) is 9.50 Å². The van der Waals surface area contributed by atoms with Crippen LogP contribution in [0.1, 0.15) is 13.3 Å². The molecule has 6 nitrogen and oxygen atoms in total. The molecular weight excluding hydrogens is 340 g/mol. The quantitative estimate of drug-likeness (QED) is 0.586. The molecule has 2 N–H and O–H groups in total. The summed E-state index contributed by atoms with van der Waals surface area (Å²) in [6, 6.07) is 11.1. The highest BCUT2D eigenvalue weighted by molar-refractivity contribution is 6.31. The van der Waals surface area contributed by atoms with E-state index in [1.54, 1.807) is 22.8 Å². The predicted octanol–water partition coefficient (Wildman–Crippen LogP) is 3.91. The standard InChI is InChI=1S/C18H17ClN4O2/c1-2-13(20)10-24-18-6-5-17-21-9-14(23(17)22-18)16-8-11-7-12(19)3-4-15(11)25-16/h3-9,13H,2,10,20H2,1H3. The number of ether oxygens (including phenoxy) is 1. The smallest absolute Gasteiger partial charge is 0.231 e. The summed E-state index contributed by atoms with van der Waals surface area (Å²) in [4.78, 5) is 4.37. The predicted molar refractivity (Wildman–Crippen MR) is 97.0 cm³/mol. The molecule has 1 unspecified atom stereocenters. The molecule has 0 saturated heterocycles. The van der Waals surface area contributed by atoms with Gasteiger partial charge in [0.05, 0.1) is 6.20 Å². The van der Waals surface area contributed by atoms with Gasteiger partial charge in [0.25, 0.3) is 0 Å². The maximum Gasteiger partial charge on any atom is 0.231 e. The second-order valence-corrected chi connectivity index (χ2v) is 6.29. The maximum atomic E-state index is 6.04. The Hall–Kier alpha value is -2.57. The van der Waals surface area contributed by atoms with Gasteiger partial charge in [-0.3, -0.25) is 0 Å². The summed E-state index contributed by atoms with van der Waals surface area (Å²) in [6.45, 7) is 2.44. The minimum Gasteiger partial charge on any atom is -0.475 e. The van der Waals surface area contributed by atoms with Crippen LogP contribution in [0.3, 0.4) is 0 Å². The van der Waals surface area contributed by atoms with Gasteiger partial charge >= 0.3 is 0 Å². The number of benzene rings is 1. The molecule has 0 amide bonds. The van der Waals surface area contributed by atoms with E-state index in [1.807, 2.05) is 31.2 Å². The van der Waals surface area contributed by atoms with Crippen molar-refractivity contribution < 1.29 is 9.15 Å². The molecule has 0 aliphatic heterocycles. The Morgan fingerprint density at radius 1 is 1.28 bits per heavy atom. The summed E-state index contributed by atoms with van der Waals surface area (Å²) < 4.78 is 13.3. The highest BCUT2D eigenvalue weighted by atomic mass is 35.5. The molecule has 25 heavy (non-hydrogen) atoms. The third-order valence-corrected chi connectivity index (χ3v) is 4.27. The number of nitrogens with two attached hydrogens (primary N) is 1. The summed E-state index contributed by atoms with van der Waals surface area (Å²) in [5.74, 6) is 1.16. The molecule has 0 fully saturated rings. The van der Waals surface area contributed by atoms with Crippen LogP contribution < -0.4 is 10.5 Å². The van der Waals surface area contributed by atoms with Crippen LogP contribution >= 0.6 is 11.6 Å². The van der Waals surface area contributed by atoms with Crippen LogP contribution in [0.4, 0.5) is 0 Å². The first kappa shape index (κ1) is 15.9. The van der Waals surface area contributed by atoms with E-state index in [9.17, 15) is 0 Å². The van der Waals surface area contributed by atoms with Gasteiger partial charge in [0.2, 0.25) is 5.88 Å². The zero-order chi connectivity index (χ0) is 17.4. The lowest BCUT2D eigenvalue weighted by Crippen LogP contribution is -2.27. The Morgan fingerprint density at radius 3 is 3.00 bits per heavy atom. The van der Waals surface area contributed by atoms with Crippen LogP contribution in [0, 0.1) is 0 Å². The lowest BCUT2D eigenvalue weighted by atomic mass is 10.2. The molecule has 0 aliphatic rings. The molecule has 0 aliphatic carbocycles. The fourth-order valence-corrected chi connectivity index (χ4v) is 2.73. The Morgan fingerprint density at radius 2 is 2.16 bits per heavy atom. The number of furan rings is 1. The van der Waals surface area contributed by atoms with Crippen molar-refractivity contribution in [2.24, 2.45) is 5.73 Å². The molecule has 7 heteroatoms. The van der Waals surface area contributed by atoms with E-state index in [1.165, 1.54) is 0 Å². The van der Waals surface area contributed by atoms with Gasteiger partial charge in [0.15, 0.2) is 11.4 Å².